The van der Waals surface area contributed by atoms with Crippen molar-refractivity contribution in [3.8, 4) is 5.88 Å². The van der Waals surface area contributed by atoms with Crippen molar-refractivity contribution in [3.05, 3.63) is 21.7 Å². The molecule has 76 valence electrons. The highest BCUT2D eigenvalue weighted by atomic mass is 127. The Kier molecular flexibility index (Phi) is 2.61. The lowest BCUT2D eigenvalue weighted by molar-refractivity contribution is 0.0828. The number of hydrogen-bond acceptors (Lipinski definition) is 3. The third-order valence-corrected chi connectivity index (χ3v) is 2.67. The Balaban J connectivity index is 2.01. The largest absolute Gasteiger partial charge is 0.475 e. The van der Waals surface area contributed by atoms with Crippen LogP contribution in [0.4, 0.5) is 4.39 Å². The summed E-state index contributed by atoms with van der Waals surface area (Å²) in [6, 6.07) is 2.95. The number of nitrogens with zero attached hydrogens (tertiary/aromatic N) is 1. The molecule has 1 saturated carbocycles. The quantitative estimate of drug-likeness (QED) is 0.683. The van der Waals surface area contributed by atoms with E-state index in [9.17, 15) is 9.50 Å². The Bertz CT molecular complexity index is 334. The van der Waals surface area contributed by atoms with Crippen molar-refractivity contribution < 1.29 is 14.2 Å². The number of halogens is 2. The van der Waals surface area contributed by atoms with E-state index in [0.717, 1.165) is 16.4 Å². The summed E-state index contributed by atoms with van der Waals surface area (Å²) < 4.78 is 18.7. The van der Waals surface area contributed by atoms with Gasteiger partial charge in [0.1, 0.15) is 6.61 Å². The minimum Gasteiger partial charge on any atom is -0.475 e. The van der Waals surface area contributed by atoms with Crippen molar-refractivity contribution in [1.82, 2.24) is 4.98 Å². The fourth-order valence-electron chi connectivity index (χ4n) is 1.01. The van der Waals surface area contributed by atoms with Crippen LogP contribution in [-0.4, -0.2) is 22.3 Å². The average Bonchev–Trinajstić information content (AvgIpc) is 2.80. The Hall–Kier alpha value is -0.430. The molecule has 0 atom stereocenters. The highest BCUT2D eigenvalue weighted by Crippen LogP contribution is 2.35. The highest BCUT2D eigenvalue weighted by Gasteiger charge is 2.41. The van der Waals surface area contributed by atoms with Crippen LogP contribution in [0.15, 0.2) is 12.1 Å². The number of rotatable bonds is 3. The molecule has 3 nitrogen and oxygen atoms in total. The maximum Gasteiger partial charge on any atom is 0.217 e. The molecule has 0 aliphatic heterocycles. The summed E-state index contributed by atoms with van der Waals surface area (Å²) in [6.45, 7) is 0.194. The molecule has 1 aliphatic rings. The van der Waals surface area contributed by atoms with E-state index in [1.807, 2.05) is 22.6 Å². The van der Waals surface area contributed by atoms with Crippen LogP contribution in [0.1, 0.15) is 12.8 Å². The predicted molar refractivity (Wildman–Crippen MR) is 56.6 cm³/mol. The first-order valence-corrected chi connectivity index (χ1v) is 5.34. The first kappa shape index (κ1) is 10.1. The van der Waals surface area contributed by atoms with E-state index in [1.165, 1.54) is 6.07 Å². The first-order chi connectivity index (χ1) is 6.57. The van der Waals surface area contributed by atoms with Gasteiger partial charge in [-0.15, -0.1) is 0 Å². The molecule has 1 N–H and O–H groups in total. The van der Waals surface area contributed by atoms with Gasteiger partial charge in [-0.1, -0.05) is 0 Å². The zero-order chi connectivity index (χ0) is 10.2. The second-order valence-corrected chi connectivity index (χ2v) is 4.70. The van der Waals surface area contributed by atoms with Gasteiger partial charge in [0.2, 0.25) is 11.8 Å². The number of ether oxygens (including phenoxy) is 1. The smallest absolute Gasteiger partial charge is 0.217 e. The molecule has 0 bridgehead atoms. The van der Waals surface area contributed by atoms with Crippen molar-refractivity contribution in [2.75, 3.05) is 6.61 Å². The van der Waals surface area contributed by atoms with Crippen LogP contribution in [0.3, 0.4) is 0 Å². The highest BCUT2D eigenvalue weighted by molar-refractivity contribution is 14.1. The molecule has 1 aliphatic carbocycles. The molecular weight excluding hydrogens is 300 g/mol. The van der Waals surface area contributed by atoms with Crippen LogP contribution in [0.2, 0.25) is 0 Å². The Morgan fingerprint density at radius 2 is 2.29 bits per heavy atom. The van der Waals surface area contributed by atoms with Gasteiger partial charge in [0.15, 0.2) is 0 Å². The van der Waals surface area contributed by atoms with Gasteiger partial charge in [-0.2, -0.15) is 9.37 Å². The Morgan fingerprint density at radius 3 is 2.86 bits per heavy atom. The molecular formula is C9H9FINO2. The SMILES string of the molecule is OC1(COc2cc(I)cc(F)n2)CC1. The number of hydrogen-bond donors (Lipinski definition) is 1. The van der Waals surface area contributed by atoms with Crippen LogP contribution in [0.5, 0.6) is 5.88 Å². The fourth-order valence-corrected chi connectivity index (χ4v) is 1.54. The number of pyridine rings is 1. The molecule has 0 spiro atoms. The van der Waals surface area contributed by atoms with E-state index in [4.69, 9.17) is 4.74 Å². The van der Waals surface area contributed by atoms with E-state index in [-0.39, 0.29) is 12.5 Å². The lowest BCUT2D eigenvalue weighted by atomic mass is 10.4. The van der Waals surface area contributed by atoms with E-state index in [2.05, 4.69) is 4.98 Å². The molecule has 0 amide bonds. The normalized spacial score (nSPS) is 17.9. The van der Waals surface area contributed by atoms with E-state index in [0.29, 0.717) is 0 Å². The van der Waals surface area contributed by atoms with Crippen LogP contribution in [-0.2, 0) is 0 Å². The average molecular weight is 309 g/mol. The van der Waals surface area contributed by atoms with Crippen LogP contribution in [0, 0.1) is 9.52 Å². The van der Waals surface area contributed by atoms with Gasteiger partial charge in [0, 0.05) is 15.7 Å². The molecule has 0 saturated heterocycles. The molecule has 0 radical (unpaired) electrons. The van der Waals surface area contributed by atoms with Gasteiger partial charge in [0.25, 0.3) is 0 Å². The molecule has 1 aromatic heterocycles. The molecule has 1 aromatic rings. The number of aliphatic hydroxyl groups is 1. The number of aromatic nitrogens is 1. The summed E-state index contributed by atoms with van der Waals surface area (Å²) in [7, 11) is 0. The van der Waals surface area contributed by atoms with Crippen molar-refractivity contribution >= 4 is 22.6 Å². The van der Waals surface area contributed by atoms with Gasteiger partial charge in [0.05, 0.1) is 5.60 Å². The Morgan fingerprint density at radius 1 is 1.57 bits per heavy atom. The zero-order valence-electron chi connectivity index (χ0n) is 7.33. The predicted octanol–water partition coefficient (Wildman–Crippen LogP) is 1.73. The van der Waals surface area contributed by atoms with Crippen molar-refractivity contribution in [2.24, 2.45) is 0 Å². The topological polar surface area (TPSA) is 42.4 Å². The molecule has 14 heavy (non-hydrogen) atoms. The molecule has 1 heterocycles. The molecule has 0 aromatic carbocycles. The van der Waals surface area contributed by atoms with Gasteiger partial charge in [-0.25, -0.2) is 0 Å². The van der Waals surface area contributed by atoms with E-state index < -0.39 is 11.5 Å². The van der Waals surface area contributed by atoms with E-state index >= 15 is 0 Å². The molecule has 0 unspecified atom stereocenters. The zero-order valence-corrected chi connectivity index (χ0v) is 9.49. The lowest BCUT2D eigenvalue weighted by Gasteiger charge is -2.09. The molecule has 5 heteroatoms. The Labute approximate surface area is 94.4 Å². The maximum atomic E-state index is 12.8. The van der Waals surface area contributed by atoms with E-state index in [1.54, 1.807) is 6.07 Å². The molecule has 2 rings (SSSR count). The maximum absolute atomic E-state index is 12.8. The summed E-state index contributed by atoms with van der Waals surface area (Å²) in [5.41, 5.74) is -0.695. The molecule has 1 fully saturated rings. The lowest BCUT2D eigenvalue weighted by Crippen LogP contribution is -2.19. The summed E-state index contributed by atoms with van der Waals surface area (Å²) in [4.78, 5) is 3.56. The van der Waals surface area contributed by atoms with Crippen LogP contribution < -0.4 is 4.74 Å². The minimum absolute atomic E-state index is 0.194. The van der Waals surface area contributed by atoms with Crippen LogP contribution >= 0.6 is 22.6 Å². The van der Waals surface area contributed by atoms with Crippen molar-refractivity contribution in [1.29, 1.82) is 0 Å². The fraction of sp³-hybridized carbons (Fsp3) is 0.444. The van der Waals surface area contributed by atoms with Gasteiger partial charge in [-0.3, -0.25) is 0 Å². The van der Waals surface area contributed by atoms with Gasteiger partial charge in [-0.05, 0) is 35.4 Å². The summed E-state index contributed by atoms with van der Waals surface area (Å²) in [6.07, 6.45) is 1.50. The van der Waals surface area contributed by atoms with Gasteiger partial charge >= 0.3 is 0 Å². The summed E-state index contributed by atoms with van der Waals surface area (Å²) >= 11 is 1.98. The second kappa shape index (κ2) is 3.62. The van der Waals surface area contributed by atoms with Crippen LogP contribution in [0.25, 0.3) is 0 Å². The third kappa shape index (κ3) is 2.54. The summed E-state index contributed by atoms with van der Waals surface area (Å²) in [5, 5.41) is 9.48. The summed E-state index contributed by atoms with van der Waals surface area (Å²) in [5.74, 6) is -0.329. The van der Waals surface area contributed by atoms with Crippen molar-refractivity contribution in [3.63, 3.8) is 0 Å². The first-order valence-electron chi connectivity index (χ1n) is 4.26. The monoisotopic (exact) mass is 309 g/mol. The van der Waals surface area contributed by atoms with Gasteiger partial charge < -0.3 is 9.84 Å². The minimum atomic E-state index is -0.695. The third-order valence-electron chi connectivity index (χ3n) is 2.05. The second-order valence-electron chi connectivity index (χ2n) is 3.46. The van der Waals surface area contributed by atoms with Crippen molar-refractivity contribution in [2.45, 2.75) is 18.4 Å². The standard InChI is InChI=1S/C9H9FINO2/c10-7-3-6(11)4-8(12-7)14-5-9(13)1-2-9/h3-4,13H,1-2,5H2.